The Labute approximate surface area is 139 Å². The number of nitrogens with one attached hydrogen (secondary N) is 1. The van der Waals surface area contributed by atoms with E-state index in [2.05, 4.69) is 19.2 Å². The first-order chi connectivity index (χ1) is 10.0. The van der Waals surface area contributed by atoms with Crippen LogP contribution in [0.15, 0.2) is 24.3 Å². The summed E-state index contributed by atoms with van der Waals surface area (Å²) >= 11 is 0. The summed E-state index contributed by atoms with van der Waals surface area (Å²) in [6.45, 7) is 5.10. The summed E-state index contributed by atoms with van der Waals surface area (Å²) in [6.07, 6.45) is 4.81. The number of halogens is 1. The van der Waals surface area contributed by atoms with E-state index < -0.39 is 0 Å². The maximum Gasteiger partial charge on any atom is 0.230 e. The van der Waals surface area contributed by atoms with Crippen molar-refractivity contribution >= 4 is 24.0 Å². The average Bonchev–Trinajstić information content (AvgIpc) is 3.01. The van der Waals surface area contributed by atoms with E-state index in [1.165, 1.54) is 12.8 Å². The first kappa shape index (κ1) is 18.8. The van der Waals surface area contributed by atoms with Crippen LogP contribution in [0.25, 0.3) is 0 Å². The van der Waals surface area contributed by atoms with Gasteiger partial charge in [-0.25, -0.2) is 0 Å². The number of carbonyl (C=O) groups excluding carboxylic acids is 1. The lowest BCUT2D eigenvalue weighted by molar-refractivity contribution is -0.126. The number of carbonyl (C=O) groups is 1. The van der Waals surface area contributed by atoms with E-state index in [-0.39, 0.29) is 23.7 Å². The van der Waals surface area contributed by atoms with Gasteiger partial charge in [0.2, 0.25) is 5.91 Å². The zero-order valence-electron chi connectivity index (χ0n) is 13.4. The van der Waals surface area contributed by atoms with Crippen molar-refractivity contribution in [3.63, 3.8) is 0 Å². The quantitative estimate of drug-likeness (QED) is 0.839. The van der Waals surface area contributed by atoms with E-state index in [4.69, 9.17) is 10.5 Å². The second kappa shape index (κ2) is 8.39. The minimum absolute atomic E-state index is 0. The molecule has 124 valence electrons. The summed E-state index contributed by atoms with van der Waals surface area (Å²) in [6, 6.07) is 7.45. The monoisotopic (exact) mass is 326 g/mol. The predicted molar refractivity (Wildman–Crippen MR) is 92.6 cm³/mol. The summed E-state index contributed by atoms with van der Waals surface area (Å²) in [4.78, 5) is 12.5. The van der Waals surface area contributed by atoms with Crippen molar-refractivity contribution in [2.75, 3.05) is 18.5 Å². The lowest BCUT2D eigenvalue weighted by Gasteiger charge is -2.30. The molecule has 0 unspecified atom stereocenters. The normalized spacial score (nSPS) is 15.2. The minimum Gasteiger partial charge on any atom is -0.492 e. The summed E-state index contributed by atoms with van der Waals surface area (Å²) in [7, 11) is 0. The molecule has 1 aliphatic carbocycles. The lowest BCUT2D eigenvalue weighted by Crippen LogP contribution is -2.36. The largest absolute Gasteiger partial charge is 0.492 e. The fourth-order valence-electron chi connectivity index (χ4n) is 2.94. The van der Waals surface area contributed by atoms with Crippen molar-refractivity contribution in [2.45, 2.75) is 39.5 Å². The first-order valence-electron chi connectivity index (χ1n) is 7.78. The van der Waals surface area contributed by atoms with E-state index in [1.807, 2.05) is 24.3 Å². The van der Waals surface area contributed by atoms with Gasteiger partial charge in [-0.15, -0.1) is 12.4 Å². The Morgan fingerprint density at radius 2 is 1.86 bits per heavy atom. The van der Waals surface area contributed by atoms with Crippen molar-refractivity contribution in [3.8, 4) is 5.75 Å². The molecule has 1 amide bonds. The van der Waals surface area contributed by atoms with E-state index >= 15 is 0 Å². The van der Waals surface area contributed by atoms with Crippen LogP contribution in [0.4, 0.5) is 5.69 Å². The summed E-state index contributed by atoms with van der Waals surface area (Å²) in [5.41, 5.74) is 5.89. The molecule has 4 nitrogen and oxygen atoms in total. The van der Waals surface area contributed by atoms with Gasteiger partial charge in [-0.3, -0.25) is 4.79 Å². The smallest absolute Gasteiger partial charge is 0.230 e. The molecule has 0 radical (unpaired) electrons. The van der Waals surface area contributed by atoms with Gasteiger partial charge in [0.1, 0.15) is 12.4 Å². The molecule has 1 saturated carbocycles. The number of anilines is 1. The van der Waals surface area contributed by atoms with Crippen LogP contribution in [0, 0.1) is 11.3 Å². The molecule has 0 aromatic heterocycles. The van der Waals surface area contributed by atoms with E-state index in [1.54, 1.807) is 0 Å². The summed E-state index contributed by atoms with van der Waals surface area (Å²) < 4.78 is 5.43. The Morgan fingerprint density at radius 3 is 2.41 bits per heavy atom. The molecule has 3 N–H and O–H groups in total. The molecule has 2 rings (SSSR count). The molecule has 0 atom stereocenters. The lowest BCUT2D eigenvalue weighted by atomic mass is 9.77. The van der Waals surface area contributed by atoms with E-state index in [9.17, 15) is 4.79 Å². The van der Waals surface area contributed by atoms with Crippen LogP contribution in [0.5, 0.6) is 5.75 Å². The SMILES string of the molecule is CC(C)(C(=O)Nc1ccc(OCCN)cc1)C1CCCC1.Cl. The number of benzene rings is 1. The number of nitrogens with two attached hydrogens (primary N) is 1. The van der Waals surface area contributed by atoms with Gasteiger partial charge < -0.3 is 15.8 Å². The van der Waals surface area contributed by atoms with Crippen LogP contribution >= 0.6 is 12.4 Å². The number of hydrogen-bond donors (Lipinski definition) is 2. The van der Waals surface area contributed by atoms with Gasteiger partial charge in [0, 0.05) is 17.6 Å². The van der Waals surface area contributed by atoms with E-state index in [0.717, 1.165) is 24.3 Å². The molecule has 1 aliphatic rings. The molecule has 1 aromatic carbocycles. The van der Waals surface area contributed by atoms with Gasteiger partial charge in [-0.2, -0.15) is 0 Å². The van der Waals surface area contributed by atoms with Crippen LogP contribution in [-0.2, 0) is 4.79 Å². The van der Waals surface area contributed by atoms with Gasteiger partial charge in [-0.05, 0) is 43.0 Å². The minimum atomic E-state index is -0.314. The Morgan fingerprint density at radius 1 is 1.27 bits per heavy atom. The standard InChI is InChI=1S/C17H26N2O2.ClH/c1-17(2,13-5-3-4-6-13)16(20)19-14-7-9-15(10-8-14)21-12-11-18;/h7-10,13H,3-6,11-12,18H2,1-2H3,(H,19,20);1H. The highest BCUT2D eigenvalue weighted by molar-refractivity contribution is 5.95. The van der Waals surface area contributed by atoms with Crippen molar-refractivity contribution in [1.29, 1.82) is 0 Å². The molecule has 1 fully saturated rings. The molecule has 0 heterocycles. The van der Waals surface area contributed by atoms with Gasteiger partial charge in [0.15, 0.2) is 0 Å². The molecule has 5 heteroatoms. The predicted octanol–water partition coefficient (Wildman–Crippen LogP) is 3.60. The summed E-state index contributed by atoms with van der Waals surface area (Å²) in [5.74, 6) is 1.36. The molecule has 22 heavy (non-hydrogen) atoms. The number of amides is 1. The van der Waals surface area contributed by atoms with Crippen LogP contribution in [0.1, 0.15) is 39.5 Å². The van der Waals surface area contributed by atoms with Crippen molar-refractivity contribution in [1.82, 2.24) is 0 Å². The maximum atomic E-state index is 12.5. The fourth-order valence-corrected chi connectivity index (χ4v) is 2.94. The molecule has 0 spiro atoms. The van der Waals surface area contributed by atoms with Gasteiger partial charge >= 0.3 is 0 Å². The molecule has 0 aliphatic heterocycles. The Hall–Kier alpha value is -1.26. The van der Waals surface area contributed by atoms with Crippen molar-refractivity contribution in [2.24, 2.45) is 17.1 Å². The highest BCUT2D eigenvalue weighted by Gasteiger charge is 2.38. The van der Waals surface area contributed by atoms with Gasteiger partial charge in [0.25, 0.3) is 0 Å². The number of hydrogen-bond acceptors (Lipinski definition) is 3. The summed E-state index contributed by atoms with van der Waals surface area (Å²) in [5, 5.41) is 3.02. The average molecular weight is 327 g/mol. The topological polar surface area (TPSA) is 64.3 Å². The molecule has 0 saturated heterocycles. The van der Waals surface area contributed by atoms with Crippen LogP contribution in [0.2, 0.25) is 0 Å². The highest BCUT2D eigenvalue weighted by Crippen LogP contribution is 2.40. The van der Waals surface area contributed by atoms with E-state index in [0.29, 0.717) is 19.1 Å². The second-order valence-electron chi connectivity index (χ2n) is 6.32. The Kier molecular flexibility index (Phi) is 7.17. The first-order valence-corrected chi connectivity index (χ1v) is 7.78. The molecule has 0 bridgehead atoms. The molecule has 1 aromatic rings. The third-order valence-corrected chi connectivity index (χ3v) is 4.46. The number of ether oxygens (including phenoxy) is 1. The fraction of sp³-hybridized carbons (Fsp3) is 0.588. The second-order valence-corrected chi connectivity index (χ2v) is 6.32. The Balaban J connectivity index is 0.00000242. The molecular formula is C17H27ClN2O2. The number of rotatable bonds is 6. The zero-order valence-corrected chi connectivity index (χ0v) is 14.2. The van der Waals surface area contributed by atoms with Gasteiger partial charge in [-0.1, -0.05) is 26.7 Å². The van der Waals surface area contributed by atoms with Crippen molar-refractivity contribution < 1.29 is 9.53 Å². The third kappa shape index (κ3) is 4.62. The van der Waals surface area contributed by atoms with Crippen LogP contribution in [0.3, 0.4) is 0 Å². The van der Waals surface area contributed by atoms with Crippen molar-refractivity contribution in [3.05, 3.63) is 24.3 Å². The van der Waals surface area contributed by atoms with Crippen LogP contribution < -0.4 is 15.8 Å². The maximum absolute atomic E-state index is 12.5. The molecular weight excluding hydrogens is 300 g/mol. The zero-order chi connectivity index (χ0) is 15.3. The Bertz CT molecular complexity index is 468. The van der Waals surface area contributed by atoms with Gasteiger partial charge in [0.05, 0.1) is 0 Å². The third-order valence-electron chi connectivity index (χ3n) is 4.46. The highest BCUT2D eigenvalue weighted by atomic mass is 35.5. The van der Waals surface area contributed by atoms with Crippen LogP contribution in [-0.4, -0.2) is 19.1 Å².